The Morgan fingerprint density at radius 3 is 2.47 bits per heavy atom. The van der Waals surface area contributed by atoms with E-state index in [0.29, 0.717) is 11.3 Å². The number of hydrogen-bond donors (Lipinski definition) is 2. The van der Waals surface area contributed by atoms with Gasteiger partial charge in [0.2, 0.25) is 0 Å². The molecule has 0 spiro atoms. The average molecular weight is 207 g/mol. The van der Waals surface area contributed by atoms with Crippen LogP contribution in [0.5, 0.6) is 0 Å². The summed E-state index contributed by atoms with van der Waals surface area (Å²) >= 11 is 0. The molecule has 0 amide bonds. The molecule has 0 saturated carbocycles. The summed E-state index contributed by atoms with van der Waals surface area (Å²) in [5.74, 6) is -0.665. The third-order valence-corrected chi connectivity index (χ3v) is 2.76. The van der Waals surface area contributed by atoms with Crippen molar-refractivity contribution in [3.63, 3.8) is 0 Å². The minimum absolute atomic E-state index is 0.234. The highest BCUT2D eigenvalue weighted by Gasteiger charge is 2.18. The lowest BCUT2D eigenvalue weighted by atomic mass is 9.89. The third-order valence-electron chi connectivity index (χ3n) is 2.76. The highest BCUT2D eigenvalue weighted by Crippen LogP contribution is 2.31. The Kier molecular flexibility index (Phi) is 3.72. The minimum Gasteiger partial charge on any atom is -0.478 e. The number of nitrogens with two attached hydrogens (primary N) is 1. The van der Waals surface area contributed by atoms with E-state index in [0.717, 1.165) is 18.4 Å². The van der Waals surface area contributed by atoms with Crippen LogP contribution in [-0.2, 0) is 0 Å². The molecule has 82 valence electrons. The van der Waals surface area contributed by atoms with Crippen molar-refractivity contribution in [3.05, 3.63) is 29.3 Å². The molecule has 15 heavy (non-hydrogen) atoms. The van der Waals surface area contributed by atoms with Gasteiger partial charge in [-0.05, 0) is 36.5 Å². The summed E-state index contributed by atoms with van der Waals surface area (Å²) in [6.45, 7) is 4.10. The molecule has 0 aromatic heterocycles. The zero-order valence-electron chi connectivity index (χ0n) is 9.16. The average Bonchev–Trinajstić information content (AvgIpc) is 2.21. The van der Waals surface area contributed by atoms with Crippen molar-refractivity contribution in [2.45, 2.75) is 32.6 Å². The maximum atomic E-state index is 11.1. The fourth-order valence-electron chi connectivity index (χ4n) is 1.92. The lowest BCUT2D eigenvalue weighted by Crippen LogP contribution is -2.09. The van der Waals surface area contributed by atoms with Gasteiger partial charge >= 0.3 is 5.97 Å². The second-order valence-electron chi connectivity index (χ2n) is 3.63. The first kappa shape index (κ1) is 11.6. The Labute approximate surface area is 89.9 Å². The molecule has 0 fully saturated rings. The highest BCUT2D eigenvalue weighted by atomic mass is 16.4. The van der Waals surface area contributed by atoms with Crippen LogP contribution in [0.4, 0.5) is 5.69 Å². The number of carboxylic acids is 1. The standard InChI is InChI=1S/C12H17NO2/c1-3-8(4-2)11-9(12(14)15)6-5-7-10(11)13/h5-8H,3-4,13H2,1-2H3,(H,14,15). The first-order valence-corrected chi connectivity index (χ1v) is 5.23. The molecule has 0 radical (unpaired) electrons. The van der Waals surface area contributed by atoms with Crippen molar-refractivity contribution in [1.29, 1.82) is 0 Å². The van der Waals surface area contributed by atoms with Crippen molar-refractivity contribution in [2.75, 3.05) is 5.73 Å². The first-order valence-electron chi connectivity index (χ1n) is 5.23. The summed E-state index contributed by atoms with van der Waals surface area (Å²) in [5, 5.41) is 9.07. The summed E-state index contributed by atoms with van der Waals surface area (Å²) in [7, 11) is 0. The molecule has 0 unspecified atom stereocenters. The van der Waals surface area contributed by atoms with E-state index >= 15 is 0 Å². The lowest BCUT2D eigenvalue weighted by molar-refractivity contribution is 0.0695. The molecule has 0 atom stereocenters. The fourth-order valence-corrected chi connectivity index (χ4v) is 1.92. The van der Waals surface area contributed by atoms with Gasteiger partial charge in [-0.15, -0.1) is 0 Å². The van der Waals surface area contributed by atoms with Crippen LogP contribution < -0.4 is 5.73 Å². The molecule has 0 bridgehead atoms. The normalized spacial score (nSPS) is 10.6. The second-order valence-corrected chi connectivity index (χ2v) is 3.63. The van der Waals surface area contributed by atoms with E-state index < -0.39 is 5.97 Å². The maximum absolute atomic E-state index is 11.1. The lowest BCUT2D eigenvalue weighted by Gasteiger charge is -2.17. The number of nitrogen functional groups attached to an aromatic ring is 1. The Morgan fingerprint density at radius 2 is 2.00 bits per heavy atom. The summed E-state index contributed by atoms with van der Waals surface area (Å²) in [6, 6.07) is 5.07. The van der Waals surface area contributed by atoms with Crippen LogP contribution in [0.1, 0.15) is 48.5 Å². The van der Waals surface area contributed by atoms with Crippen molar-refractivity contribution < 1.29 is 9.90 Å². The van der Waals surface area contributed by atoms with Gasteiger partial charge in [-0.25, -0.2) is 4.79 Å². The number of aromatic carboxylic acids is 1. The molecule has 0 heterocycles. The molecule has 0 saturated heterocycles. The molecule has 0 aliphatic carbocycles. The van der Waals surface area contributed by atoms with Gasteiger partial charge in [0.05, 0.1) is 5.56 Å². The Bertz CT molecular complexity index is 357. The largest absolute Gasteiger partial charge is 0.478 e. The van der Waals surface area contributed by atoms with Crippen molar-refractivity contribution in [2.24, 2.45) is 0 Å². The van der Waals surface area contributed by atoms with Gasteiger partial charge in [0.25, 0.3) is 0 Å². The summed E-state index contributed by atoms with van der Waals surface area (Å²) in [6.07, 6.45) is 1.82. The van der Waals surface area contributed by atoms with E-state index in [-0.39, 0.29) is 5.92 Å². The first-order chi connectivity index (χ1) is 7.11. The van der Waals surface area contributed by atoms with Gasteiger partial charge in [-0.3, -0.25) is 0 Å². The van der Waals surface area contributed by atoms with Gasteiger partial charge in [0, 0.05) is 5.69 Å². The number of carboxylic acid groups (broad SMARTS) is 1. The van der Waals surface area contributed by atoms with Crippen molar-refractivity contribution in [3.8, 4) is 0 Å². The quantitative estimate of drug-likeness (QED) is 0.746. The predicted molar refractivity (Wildman–Crippen MR) is 61.1 cm³/mol. The molecule has 3 nitrogen and oxygen atoms in total. The van der Waals surface area contributed by atoms with Crippen molar-refractivity contribution >= 4 is 11.7 Å². The third kappa shape index (κ3) is 2.29. The zero-order chi connectivity index (χ0) is 11.4. The van der Waals surface area contributed by atoms with Gasteiger partial charge in [0.15, 0.2) is 0 Å². The number of carbonyl (C=O) groups is 1. The molecule has 1 aromatic rings. The van der Waals surface area contributed by atoms with Crippen LogP contribution in [0.3, 0.4) is 0 Å². The monoisotopic (exact) mass is 207 g/mol. The summed E-state index contributed by atoms with van der Waals surface area (Å²) < 4.78 is 0. The Balaban J connectivity index is 3.29. The van der Waals surface area contributed by atoms with E-state index in [4.69, 9.17) is 10.8 Å². The van der Waals surface area contributed by atoms with Gasteiger partial charge < -0.3 is 10.8 Å². The smallest absolute Gasteiger partial charge is 0.336 e. The van der Waals surface area contributed by atoms with Gasteiger partial charge in [0.1, 0.15) is 0 Å². The van der Waals surface area contributed by atoms with E-state index in [9.17, 15) is 4.79 Å². The predicted octanol–water partition coefficient (Wildman–Crippen LogP) is 2.87. The van der Waals surface area contributed by atoms with Crippen molar-refractivity contribution in [1.82, 2.24) is 0 Å². The zero-order valence-corrected chi connectivity index (χ0v) is 9.16. The summed E-state index contributed by atoms with van der Waals surface area (Å²) in [5.41, 5.74) is 7.56. The molecule has 3 heteroatoms. The van der Waals surface area contributed by atoms with Gasteiger partial charge in [-0.2, -0.15) is 0 Å². The maximum Gasteiger partial charge on any atom is 0.336 e. The van der Waals surface area contributed by atoms with Crippen LogP contribution in [-0.4, -0.2) is 11.1 Å². The van der Waals surface area contributed by atoms with E-state index in [1.807, 2.05) is 13.8 Å². The SMILES string of the molecule is CCC(CC)c1c(N)cccc1C(=O)O. The highest BCUT2D eigenvalue weighted by molar-refractivity contribution is 5.91. The fraction of sp³-hybridized carbons (Fsp3) is 0.417. The Hall–Kier alpha value is -1.51. The molecular formula is C12H17NO2. The van der Waals surface area contributed by atoms with Crippen LogP contribution in [0.25, 0.3) is 0 Å². The molecule has 1 rings (SSSR count). The molecule has 0 aliphatic rings. The van der Waals surface area contributed by atoms with Crippen LogP contribution in [0, 0.1) is 0 Å². The topological polar surface area (TPSA) is 63.3 Å². The van der Waals surface area contributed by atoms with E-state index in [2.05, 4.69) is 0 Å². The number of hydrogen-bond acceptors (Lipinski definition) is 2. The second kappa shape index (κ2) is 4.82. The number of rotatable bonds is 4. The molecule has 3 N–H and O–H groups in total. The van der Waals surface area contributed by atoms with E-state index in [1.54, 1.807) is 18.2 Å². The van der Waals surface area contributed by atoms with E-state index in [1.165, 1.54) is 0 Å². The molecular weight excluding hydrogens is 190 g/mol. The number of benzene rings is 1. The van der Waals surface area contributed by atoms with Gasteiger partial charge in [-0.1, -0.05) is 19.9 Å². The van der Waals surface area contributed by atoms with Crippen LogP contribution in [0.15, 0.2) is 18.2 Å². The molecule has 0 aliphatic heterocycles. The van der Waals surface area contributed by atoms with Crippen LogP contribution in [0.2, 0.25) is 0 Å². The number of anilines is 1. The summed E-state index contributed by atoms with van der Waals surface area (Å²) in [4.78, 5) is 11.1. The van der Waals surface area contributed by atoms with Crippen LogP contribution >= 0.6 is 0 Å². The molecule has 1 aromatic carbocycles. The Morgan fingerprint density at radius 1 is 1.40 bits per heavy atom. The minimum atomic E-state index is -0.899.